The molecule has 0 saturated heterocycles. The summed E-state index contributed by atoms with van der Waals surface area (Å²) >= 11 is 0. The maximum Gasteiger partial charge on any atom is 0.222 e. The second kappa shape index (κ2) is 4.33. The topological polar surface area (TPSA) is 54.7 Å². The number of hydrogen-bond acceptors (Lipinski definition) is 4. The molecule has 0 aromatic carbocycles. The largest absolute Gasteiger partial charge is 0.477 e. The van der Waals surface area contributed by atoms with Crippen LogP contribution < -0.4 is 4.74 Å². The van der Waals surface area contributed by atoms with Gasteiger partial charge in [-0.2, -0.15) is 0 Å². The molecule has 1 aromatic heterocycles. The molecule has 0 aliphatic carbocycles. The number of oxime groups is 1. The monoisotopic (exact) mass is 166 g/mol. The third-order valence-electron chi connectivity index (χ3n) is 1.28. The third kappa shape index (κ3) is 1.95. The number of pyridine rings is 1. The summed E-state index contributed by atoms with van der Waals surface area (Å²) < 4.78 is 5.18. The molecule has 0 unspecified atom stereocenters. The minimum atomic E-state index is 0.484. The summed E-state index contributed by atoms with van der Waals surface area (Å²) in [6, 6.07) is 3.51. The van der Waals surface area contributed by atoms with Crippen LogP contribution in [-0.2, 0) is 0 Å². The molecule has 0 radical (unpaired) electrons. The van der Waals surface area contributed by atoms with Gasteiger partial charge < -0.3 is 9.94 Å². The molecule has 0 bridgehead atoms. The number of hydrogen-bond donors (Lipinski definition) is 1. The van der Waals surface area contributed by atoms with E-state index in [1.807, 2.05) is 6.92 Å². The molecule has 0 aliphatic rings. The third-order valence-corrected chi connectivity index (χ3v) is 1.28. The van der Waals surface area contributed by atoms with Gasteiger partial charge in [0.1, 0.15) is 0 Å². The van der Waals surface area contributed by atoms with Crippen molar-refractivity contribution in [2.45, 2.75) is 6.92 Å². The molecular formula is C8H10N2O2. The van der Waals surface area contributed by atoms with E-state index in [1.165, 1.54) is 6.21 Å². The van der Waals surface area contributed by atoms with Crippen molar-refractivity contribution in [2.24, 2.45) is 5.16 Å². The molecule has 4 heteroatoms. The van der Waals surface area contributed by atoms with Crippen molar-refractivity contribution in [2.75, 3.05) is 6.61 Å². The van der Waals surface area contributed by atoms with E-state index in [0.29, 0.717) is 18.1 Å². The van der Waals surface area contributed by atoms with Crippen molar-refractivity contribution in [3.63, 3.8) is 0 Å². The summed E-state index contributed by atoms with van der Waals surface area (Å²) in [5.41, 5.74) is 0.668. The van der Waals surface area contributed by atoms with Gasteiger partial charge >= 0.3 is 0 Å². The number of nitrogens with zero attached hydrogens (tertiary/aromatic N) is 2. The van der Waals surface area contributed by atoms with Crippen molar-refractivity contribution in [3.8, 4) is 5.88 Å². The minimum absolute atomic E-state index is 0.484. The smallest absolute Gasteiger partial charge is 0.222 e. The Morgan fingerprint density at radius 1 is 1.75 bits per heavy atom. The van der Waals surface area contributed by atoms with Gasteiger partial charge in [0.15, 0.2) is 0 Å². The highest BCUT2D eigenvalue weighted by atomic mass is 16.5. The Kier molecular flexibility index (Phi) is 3.07. The van der Waals surface area contributed by atoms with Gasteiger partial charge in [-0.25, -0.2) is 4.98 Å². The van der Waals surface area contributed by atoms with E-state index < -0.39 is 0 Å². The molecule has 0 fully saturated rings. The number of aromatic nitrogens is 1. The predicted molar refractivity (Wildman–Crippen MR) is 44.8 cm³/mol. The van der Waals surface area contributed by atoms with Crippen LogP contribution in [0, 0.1) is 0 Å². The van der Waals surface area contributed by atoms with Gasteiger partial charge in [-0.05, 0) is 19.1 Å². The number of rotatable bonds is 3. The van der Waals surface area contributed by atoms with Gasteiger partial charge in [0.05, 0.1) is 18.4 Å². The van der Waals surface area contributed by atoms with E-state index in [4.69, 9.17) is 9.94 Å². The van der Waals surface area contributed by atoms with Crippen molar-refractivity contribution in [1.82, 2.24) is 4.98 Å². The summed E-state index contributed by atoms with van der Waals surface area (Å²) in [5, 5.41) is 11.2. The van der Waals surface area contributed by atoms with Gasteiger partial charge in [0.2, 0.25) is 5.88 Å². The maximum absolute atomic E-state index is 8.30. The van der Waals surface area contributed by atoms with Gasteiger partial charge in [-0.1, -0.05) is 5.16 Å². The van der Waals surface area contributed by atoms with Gasteiger partial charge in [-0.15, -0.1) is 0 Å². The van der Waals surface area contributed by atoms with Crippen molar-refractivity contribution in [1.29, 1.82) is 0 Å². The summed E-state index contributed by atoms with van der Waals surface area (Å²) in [6.07, 6.45) is 2.91. The van der Waals surface area contributed by atoms with Gasteiger partial charge in [-0.3, -0.25) is 0 Å². The second-order valence-corrected chi connectivity index (χ2v) is 2.08. The Bertz CT molecular complexity index is 274. The van der Waals surface area contributed by atoms with Crippen LogP contribution in [0.15, 0.2) is 23.5 Å². The molecule has 4 nitrogen and oxygen atoms in total. The molecule has 64 valence electrons. The first kappa shape index (κ1) is 8.52. The van der Waals surface area contributed by atoms with Crippen LogP contribution in [0.3, 0.4) is 0 Å². The fraction of sp³-hybridized carbons (Fsp3) is 0.250. The van der Waals surface area contributed by atoms with E-state index in [1.54, 1.807) is 18.3 Å². The Balaban J connectivity index is 2.91. The van der Waals surface area contributed by atoms with Crippen LogP contribution in [0.2, 0.25) is 0 Å². The van der Waals surface area contributed by atoms with Gasteiger partial charge in [0, 0.05) is 6.20 Å². The summed E-state index contributed by atoms with van der Waals surface area (Å²) in [5.74, 6) is 0.484. The Hall–Kier alpha value is -1.58. The van der Waals surface area contributed by atoms with E-state index in [2.05, 4.69) is 10.1 Å². The van der Waals surface area contributed by atoms with Crippen LogP contribution in [0.1, 0.15) is 12.5 Å². The van der Waals surface area contributed by atoms with Crippen LogP contribution in [0.4, 0.5) is 0 Å². The fourth-order valence-corrected chi connectivity index (χ4v) is 0.821. The van der Waals surface area contributed by atoms with Crippen LogP contribution in [-0.4, -0.2) is 23.0 Å². The molecule has 1 heterocycles. The normalized spacial score (nSPS) is 10.4. The first-order valence-corrected chi connectivity index (χ1v) is 3.63. The zero-order chi connectivity index (χ0) is 8.81. The lowest BCUT2D eigenvalue weighted by molar-refractivity contribution is 0.317. The summed E-state index contributed by atoms with van der Waals surface area (Å²) in [7, 11) is 0. The molecule has 1 rings (SSSR count). The Morgan fingerprint density at radius 2 is 2.58 bits per heavy atom. The lowest BCUT2D eigenvalue weighted by Crippen LogP contribution is -1.98. The predicted octanol–water partition coefficient (Wildman–Crippen LogP) is 1.29. The summed E-state index contributed by atoms with van der Waals surface area (Å²) in [4.78, 5) is 3.96. The SMILES string of the molecule is CCOc1ncccc1/C=N/O. The lowest BCUT2D eigenvalue weighted by atomic mass is 10.3. The van der Waals surface area contributed by atoms with Crippen LogP contribution >= 0.6 is 0 Å². The van der Waals surface area contributed by atoms with Crippen LogP contribution in [0.25, 0.3) is 0 Å². The van der Waals surface area contributed by atoms with E-state index in [0.717, 1.165) is 0 Å². The molecule has 1 aromatic rings. The molecule has 0 saturated carbocycles. The summed E-state index contributed by atoms with van der Waals surface area (Å²) in [6.45, 7) is 2.41. The van der Waals surface area contributed by atoms with E-state index >= 15 is 0 Å². The molecule has 12 heavy (non-hydrogen) atoms. The average molecular weight is 166 g/mol. The molecule has 0 atom stereocenters. The van der Waals surface area contributed by atoms with Crippen molar-refractivity contribution in [3.05, 3.63) is 23.9 Å². The number of ether oxygens (including phenoxy) is 1. The highest BCUT2D eigenvalue weighted by molar-refractivity contribution is 5.81. The molecule has 1 N–H and O–H groups in total. The first-order chi connectivity index (χ1) is 5.88. The molecule has 0 spiro atoms. The van der Waals surface area contributed by atoms with E-state index in [9.17, 15) is 0 Å². The Morgan fingerprint density at radius 3 is 3.25 bits per heavy atom. The highest BCUT2D eigenvalue weighted by Gasteiger charge is 1.99. The molecule has 0 aliphatic heterocycles. The standard InChI is InChI=1S/C8H10N2O2/c1-2-12-8-7(6-10-11)4-3-5-9-8/h3-6,11H,2H2,1H3/b10-6+. The maximum atomic E-state index is 8.30. The lowest BCUT2D eigenvalue weighted by Gasteiger charge is -2.02. The quantitative estimate of drug-likeness (QED) is 0.418. The van der Waals surface area contributed by atoms with Crippen LogP contribution in [0.5, 0.6) is 5.88 Å². The second-order valence-electron chi connectivity index (χ2n) is 2.08. The van der Waals surface area contributed by atoms with Crippen molar-refractivity contribution >= 4 is 6.21 Å². The molecular weight excluding hydrogens is 156 g/mol. The first-order valence-electron chi connectivity index (χ1n) is 3.63. The average Bonchev–Trinajstić information content (AvgIpc) is 2.09. The minimum Gasteiger partial charge on any atom is -0.477 e. The fourth-order valence-electron chi connectivity index (χ4n) is 0.821. The van der Waals surface area contributed by atoms with Gasteiger partial charge in [0.25, 0.3) is 0 Å². The van der Waals surface area contributed by atoms with Crippen molar-refractivity contribution < 1.29 is 9.94 Å². The zero-order valence-corrected chi connectivity index (χ0v) is 6.77. The Labute approximate surface area is 70.5 Å². The highest BCUT2D eigenvalue weighted by Crippen LogP contribution is 2.10. The molecule has 0 amide bonds. The zero-order valence-electron chi connectivity index (χ0n) is 6.77. The van der Waals surface area contributed by atoms with E-state index in [-0.39, 0.29) is 0 Å².